The number of carboxylic acid groups (broad SMARTS) is 2. The van der Waals surface area contributed by atoms with Gasteiger partial charge in [0.25, 0.3) is 5.69 Å². The van der Waals surface area contributed by atoms with Crippen molar-refractivity contribution in [1.82, 2.24) is 0 Å². The van der Waals surface area contributed by atoms with Crippen molar-refractivity contribution >= 4 is 23.3 Å². The van der Waals surface area contributed by atoms with Gasteiger partial charge in [0.15, 0.2) is 0 Å². The fraction of sp³-hybridized carbons (Fsp3) is 0.143. The van der Waals surface area contributed by atoms with Crippen molar-refractivity contribution in [3.63, 3.8) is 0 Å². The predicted octanol–water partition coefficient (Wildman–Crippen LogP) is 2.04. The molecule has 0 bridgehead atoms. The van der Waals surface area contributed by atoms with Crippen LogP contribution < -0.4 is 5.32 Å². The molecule has 0 saturated heterocycles. The molecule has 22 heavy (non-hydrogen) atoms. The Bertz CT molecular complexity index is 707. The molecule has 1 aliphatic carbocycles. The number of carboxylic acids is 2. The summed E-state index contributed by atoms with van der Waals surface area (Å²) in [5.41, 5.74) is -0.404. The lowest BCUT2D eigenvalue weighted by Gasteiger charge is -2.20. The number of hydrogen-bond acceptors (Lipinski definition) is 5. The van der Waals surface area contributed by atoms with Gasteiger partial charge in [0, 0.05) is 12.1 Å². The second kappa shape index (κ2) is 6.08. The highest BCUT2D eigenvalue weighted by molar-refractivity contribution is 5.96. The van der Waals surface area contributed by atoms with Crippen LogP contribution in [0.2, 0.25) is 0 Å². The Labute approximate surface area is 124 Å². The molecule has 8 nitrogen and oxygen atoms in total. The number of rotatable bonds is 5. The maximum atomic E-state index is 11.2. The number of nitrogens with zero attached hydrogens (tertiary/aromatic N) is 1. The molecule has 0 radical (unpaired) electrons. The summed E-state index contributed by atoms with van der Waals surface area (Å²) in [6, 6.07) is 2.51. The largest absolute Gasteiger partial charge is 0.478 e. The molecule has 0 saturated carbocycles. The topological polar surface area (TPSA) is 130 Å². The van der Waals surface area contributed by atoms with E-state index >= 15 is 0 Å². The number of non-ortho nitro benzene ring substituents is 1. The van der Waals surface area contributed by atoms with Gasteiger partial charge in [-0.2, -0.15) is 0 Å². The first-order valence-corrected chi connectivity index (χ1v) is 6.28. The van der Waals surface area contributed by atoms with Gasteiger partial charge in [-0.3, -0.25) is 10.1 Å². The van der Waals surface area contributed by atoms with E-state index in [1.165, 1.54) is 6.08 Å². The first kappa shape index (κ1) is 15.2. The van der Waals surface area contributed by atoms with E-state index in [9.17, 15) is 19.7 Å². The molecule has 0 spiro atoms. The fourth-order valence-electron chi connectivity index (χ4n) is 2.11. The zero-order valence-electron chi connectivity index (χ0n) is 11.2. The molecule has 0 heterocycles. The number of nitro benzene ring substituents is 1. The first-order valence-electron chi connectivity index (χ1n) is 6.28. The highest BCUT2D eigenvalue weighted by atomic mass is 16.6. The van der Waals surface area contributed by atoms with Crippen molar-refractivity contribution in [2.24, 2.45) is 0 Å². The van der Waals surface area contributed by atoms with E-state index in [1.54, 1.807) is 12.2 Å². The Kier molecular flexibility index (Phi) is 4.21. The van der Waals surface area contributed by atoms with E-state index in [0.717, 1.165) is 18.2 Å². The summed E-state index contributed by atoms with van der Waals surface area (Å²) >= 11 is 0. The molecule has 0 aliphatic heterocycles. The molecular weight excluding hydrogens is 292 g/mol. The number of carbonyl (C=O) groups is 2. The average molecular weight is 304 g/mol. The van der Waals surface area contributed by atoms with Crippen LogP contribution in [0.15, 0.2) is 42.0 Å². The van der Waals surface area contributed by atoms with Crippen LogP contribution in [0.5, 0.6) is 0 Å². The summed E-state index contributed by atoms with van der Waals surface area (Å²) in [5.74, 6) is -2.40. The quantitative estimate of drug-likeness (QED) is 0.431. The standard InChI is InChI=1S/C14H12N2O6/c17-13(18)9-3-1-2-4-11(9)15-12-7-8(16(21)22)5-6-10(12)14(19)20/h2-7,11,15H,1H2,(H,17,18)(H,19,20). The van der Waals surface area contributed by atoms with Crippen molar-refractivity contribution in [2.75, 3.05) is 5.32 Å². The molecule has 1 aromatic carbocycles. The summed E-state index contributed by atoms with van der Waals surface area (Å²) in [7, 11) is 0. The number of nitrogens with one attached hydrogen (secondary N) is 1. The lowest BCUT2D eigenvalue weighted by atomic mass is 9.99. The van der Waals surface area contributed by atoms with Crippen LogP contribution in [0.4, 0.5) is 11.4 Å². The summed E-state index contributed by atoms with van der Waals surface area (Å²) in [6.07, 6.45) is 5.26. The van der Waals surface area contributed by atoms with E-state index in [-0.39, 0.29) is 22.5 Å². The third-order valence-electron chi connectivity index (χ3n) is 3.14. The van der Waals surface area contributed by atoms with Crippen molar-refractivity contribution in [3.05, 3.63) is 57.7 Å². The van der Waals surface area contributed by atoms with Crippen LogP contribution in [-0.2, 0) is 4.79 Å². The zero-order valence-corrected chi connectivity index (χ0v) is 11.2. The lowest BCUT2D eigenvalue weighted by Crippen LogP contribution is -2.27. The molecule has 8 heteroatoms. The third-order valence-corrected chi connectivity index (χ3v) is 3.14. The van der Waals surface area contributed by atoms with Crippen LogP contribution in [-0.4, -0.2) is 33.1 Å². The van der Waals surface area contributed by atoms with E-state index in [4.69, 9.17) is 10.2 Å². The van der Waals surface area contributed by atoms with Crippen molar-refractivity contribution in [1.29, 1.82) is 0 Å². The Hall–Kier alpha value is -3.16. The summed E-state index contributed by atoms with van der Waals surface area (Å²) in [5, 5.41) is 31.8. The van der Waals surface area contributed by atoms with Crippen molar-refractivity contribution in [3.8, 4) is 0 Å². The third kappa shape index (κ3) is 3.11. The van der Waals surface area contributed by atoms with Gasteiger partial charge in [-0.25, -0.2) is 9.59 Å². The van der Waals surface area contributed by atoms with E-state index in [1.807, 2.05) is 0 Å². The Morgan fingerprint density at radius 2 is 2.00 bits per heavy atom. The summed E-state index contributed by atoms with van der Waals surface area (Å²) < 4.78 is 0. The minimum Gasteiger partial charge on any atom is -0.478 e. The predicted molar refractivity (Wildman–Crippen MR) is 76.9 cm³/mol. The molecule has 3 N–H and O–H groups in total. The first-order chi connectivity index (χ1) is 10.4. The SMILES string of the molecule is O=C(O)C1=CCC=CC1Nc1cc([N+](=O)[O-])ccc1C(=O)O. The molecule has 0 fully saturated rings. The molecule has 1 unspecified atom stereocenters. The Morgan fingerprint density at radius 1 is 1.27 bits per heavy atom. The smallest absolute Gasteiger partial charge is 0.337 e. The summed E-state index contributed by atoms with van der Waals surface area (Å²) in [6.45, 7) is 0. The second-order valence-electron chi connectivity index (χ2n) is 4.54. The van der Waals surface area contributed by atoms with Gasteiger partial charge in [-0.15, -0.1) is 0 Å². The minimum absolute atomic E-state index is 0.00889. The highest BCUT2D eigenvalue weighted by Crippen LogP contribution is 2.26. The fourth-order valence-corrected chi connectivity index (χ4v) is 2.11. The van der Waals surface area contributed by atoms with E-state index < -0.39 is 22.9 Å². The molecule has 1 atom stereocenters. The Morgan fingerprint density at radius 3 is 2.59 bits per heavy atom. The number of aliphatic carboxylic acids is 1. The van der Waals surface area contributed by atoms with Gasteiger partial charge in [0.1, 0.15) is 0 Å². The molecule has 114 valence electrons. The van der Waals surface area contributed by atoms with Crippen molar-refractivity contribution in [2.45, 2.75) is 12.5 Å². The Balaban J connectivity index is 2.40. The van der Waals surface area contributed by atoms with Gasteiger partial charge < -0.3 is 15.5 Å². The number of nitro groups is 1. The normalized spacial score (nSPS) is 16.7. The molecule has 0 aromatic heterocycles. The van der Waals surface area contributed by atoms with Gasteiger partial charge in [0.2, 0.25) is 0 Å². The van der Waals surface area contributed by atoms with Crippen LogP contribution in [0.1, 0.15) is 16.8 Å². The maximum Gasteiger partial charge on any atom is 0.337 e. The van der Waals surface area contributed by atoms with E-state index in [2.05, 4.69) is 5.32 Å². The molecule has 0 amide bonds. The number of allylic oxidation sites excluding steroid dienone is 2. The summed E-state index contributed by atoms with van der Waals surface area (Å²) in [4.78, 5) is 32.5. The molecule has 1 aliphatic rings. The lowest BCUT2D eigenvalue weighted by molar-refractivity contribution is -0.384. The van der Waals surface area contributed by atoms with Gasteiger partial charge in [-0.05, 0) is 12.5 Å². The highest BCUT2D eigenvalue weighted by Gasteiger charge is 2.23. The number of benzene rings is 1. The van der Waals surface area contributed by atoms with Crippen molar-refractivity contribution < 1.29 is 24.7 Å². The number of aromatic carboxylic acids is 1. The van der Waals surface area contributed by atoms with Crippen LogP contribution in [0.25, 0.3) is 0 Å². The number of anilines is 1. The van der Waals surface area contributed by atoms with Gasteiger partial charge in [-0.1, -0.05) is 18.2 Å². The zero-order chi connectivity index (χ0) is 16.3. The maximum absolute atomic E-state index is 11.2. The number of hydrogen-bond donors (Lipinski definition) is 3. The van der Waals surface area contributed by atoms with Crippen LogP contribution in [0.3, 0.4) is 0 Å². The van der Waals surface area contributed by atoms with Crippen LogP contribution in [0, 0.1) is 10.1 Å². The van der Waals surface area contributed by atoms with Gasteiger partial charge >= 0.3 is 11.9 Å². The monoisotopic (exact) mass is 304 g/mol. The average Bonchev–Trinajstić information content (AvgIpc) is 2.47. The molecule has 2 rings (SSSR count). The van der Waals surface area contributed by atoms with Crippen LogP contribution >= 0.6 is 0 Å². The molecule has 1 aromatic rings. The van der Waals surface area contributed by atoms with Gasteiger partial charge in [0.05, 0.1) is 27.8 Å². The minimum atomic E-state index is -1.27. The molecular formula is C14H12N2O6. The second-order valence-corrected chi connectivity index (χ2v) is 4.54. The van der Waals surface area contributed by atoms with E-state index in [0.29, 0.717) is 6.42 Å².